The zero-order chi connectivity index (χ0) is 30.2. The molecule has 3 aromatic rings. The van der Waals surface area contributed by atoms with Crippen molar-refractivity contribution in [3.05, 3.63) is 66.0 Å². The largest absolute Gasteiger partial charge is 0.356 e. The van der Waals surface area contributed by atoms with Gasteiger partial charge in [0, 0.05) is 25.9 Å². The van der Waals surface area contributed by atoms with Crippen LogP contribution < -0.4 is 5.32 Å². The fourth-order valence-electron chi connectivity index (χ4n) is 6.19. The van der Waals surface area contributed by atoms with Gasteiger partial charge in [-0.15, -0.1) is 0 Å². The van der Waals surface area contributed by atoms with Crippen molar-refractivity contribution in [1.82, 2.24) is 14.9 Å². The summed E-state index contributed by atoms with van der Waals surface area (Å²) < 4.78 is 2.48. The van der Waals surface area contributed by atoms with Gasteiger partial charge in [0.2, 0.25) is 5.91 Å². The number of nitrogens with zero attached hydrogens (tertiary/aromatic N) is 2. The predicted octanol–water partition coefficient (Wildman–Crippen LogP) is 10.8. The van der Waals surface area contributed by atoms with E-state index in [9.17, 15) is 4.79 Å². The second-order valence-corrected chi connectivity index (χ2v) is 12.6. The Kier molecular flexibility index (Phi) is 18.5. The van der Waals surface area contributed by atoms with Crippen LogP contribution in [0.4, 0.5) is 0 Å². The first-order chi connectivity index (χ1) is 21.3. The molecular weight excluding hydrogens is 526 g/mol. The summed E-state index contributed by atoms with van der Waals surface area (Å²) in [5, 5.41) is 3.10. The number of aryl methyl sites for hydroxylation is 3. The average molecular weight is 588 g/mol. The summed E-state index contributed by atoms with van der Waals surface area (Å²) in [6.45, 7) is 4.14. The summed E-state index contributed by atoms with van der Waals surface area (Å²) in [6.07, 6.45) is 28.1. The van der Waals surface area contributed by atoms with E-state index < -0.39 is 0 Å². The summed E-state index contributed by atoms with van der Waals surface area (Å²) in [4.78, 5) is 17.2. The molecule has 0 aliphatic heterocycles. The molecule has 4 heteroatoms. The Morgan fingerprint density at radius 3 is 1.84 bits per heavy atom. The SMILES string of the molecule is CCCCCCCCCCCCCCCCCCn1c(CCCCCNC(=O)CCc2ccccc2)nc2ccccc21. The van der Waals surface area contributed by atoms with Crippen molar-refractivity contribution in [2.75, 3.05) is 6.54 Å². The molecule has 0 saturated heterocycles. The third-order valence-electron chi connectivity index (χ3n) is 8.85. The van der Waals surface area contributed by atoms with Crippen LogP contribution in [-0.2, 0) is 24.2 Å². The van der Waals surface area contributed by atoms with E-state index in [4.69, 9.17) is 4.98 Å². The Morgan fingerprint density at radius 1 is 0.628 bits per heavy atom. The monoisotopic (exact) mass is 587 g/mol. The van der Waals surface area contributed by atoms with Gasteiger partial charge in [-0.1, -0.05) is 152 Å². The van der Waals surface area contributed by atoms with Crippen LogP contribution in [0.5, 0.6) is 0 Å². The van der Waals surface area contributed by atoms with Gasteiger partial charge < -0.3 is 9.88 Å². The predicted molar refractivity (Wildman–Crippen MR) is 185 cm³/mol. The molecule has 4 nitrogen and oxygen atoms in total. The maximum absolute atomic E-state index is 12.2. The number of nitrogens with one attached hydrogen (secondary N) is 1. The van der Waals surface area contributed by atoms with Crippen molar-refractivity contribution in [3.63, 3.8) is 0 Å². The van der Waals surface area contributed by atoms with E-state index in [1.165, 1.54) is 120 Å². The zero-order valence-electron chi connectivity index (χ0n) is 27.5. The molecule has 3 rings (SSSR count). The number of carbonyl (C=O) groups excluding carboxylic acids is 1. The first-order valence-electron chi connectivity index (χ1n) is 18.0. The van der Waals surface area contributed by atoms with Crippen molar-refractivity contribution < 1.29 is 4.79 Å². The molecule has 0 radical (unpaired) electrons. The van der Waals surface area contributed by atoms with Gasteiger partial charge in [0.25, 0.3) is 0 Å². The van der Waals surface area contributed by atoms with E-state index in [0.717, 1.165) is 50.7 Å². The molecule has 43 heavy (non-hydrogen) atoms. The smallest absolute Gasteiger partial charge is 0.220 e. The summed E-state index contributed by atoms with van der Waals surface area (Å²) in [5.41, 5.74) is 3.63. The molecule has 0 atom stereocenters. The fraction of sp³-hybridized carbons (Fsp3) is 0.641. The van der Waals surface area contributed by atoms with E-state index in [2.05, 4.69) is 53.2 Å². The molecule has 0 unspecified atom stereocenters. The molecule has 1 heterocycles. The second-order valence-electron chi connectivity index (χ2n) is 12.6. The number of imidazole rings is 1. The van der Waals surface area contributed by atoms with Gasteiger partial charge in [-0.3, -0.25) is 4.79 Å². The lowest BCUT2D eigenvalue weighted by Gasteiger charge is -2.10. The molecule has 0 aliphatic carbocycles. The number of unbranched alkanes of at least 4 members (excludes halogenated alkanes) is 17. The third-order valence-corrected chi connectivity index (χ3v) is 8.85. The van der Waals surface area contributed by atoms with Gasteiger partial charge in [-0.2, -0.15) is 0 Å². The van der Waals surface area contributed by atoms with Gasteiger partial charge in [0.1, 0.15) is 5.82 Å². The van der Waals surface area contributed by atoms with Crippen LogP contribution in [0.3, 0.4) is 0 Å². The van der Waals surface area contributed by atoms with Gasteiger partial charge in [-0.05, 0) is 43.4 Å². The van der Waals surface area contributed by atoms with E-state index >= 15 is 0 Å². The Bertz CT molecular complexity index is 1110. The Morgan fingerprint density at radius 2 is 1.19 bits per heavy atom. The van der Waals surface area contributed by atoms with E-state index in [-0.39, 0.29) is 5.91 Å². The minimum absolute atomic E-state index is 0.157. The second kappa shape index (κ2) is 22.9. The molecule has 0 fully saturated rings. The maximum atomic E-state index is 12.2. The van der Waals surface area contributed by atoms with Crippen LogP contribution in [0.1, 0.15) is 147 Å². The highest BCUT2D eigenvalue weighted by molar-refractivity contribution is 5.76. The van der Waals surface area contributed by atoms with Crippen molar-refractivity contribution in [3.8, 4) is 0 Å². The normalized spacial score (nSPS) is 11.4. The third kappa shape index (κ3) is 15.1. The quantitative estimate of drug-likeness (QED) is 0.0950. The van der Waals surface area contributed by atoms with Gasteiger partial charge in [0.05, 0.1) is 11.0 Å². The van der Waals surface area contributed by atoms with E-state index in [1.54, 1.807) is 0 Å². The number of rotatable bonds is 26. The summed E-state index contributed by atoms with van der Waals surface area (Å²) in [5.74, 6) is 1.39. The summed E-state index contributed by atoms with van der Waals surface area (Å²) in [7, 11) is 0. The van der Waals surface area contributed by atoms with Crippen LogP contribution >= 0.6 is 0 Å². The lowest BCUT2D eigenvalue weighted by atomic mass is 10.0. The molecule has 0 bridgehead atoms. The van der Waals surface area contributed by atoms with Gasteiger partial charge in [0.15, 0.2) is 0 Å². The molecule has 1 aromatic heterocycles. The molecule has 0 saturated carbocycles. The molecular formula is C39H61N3O. The highest BCUT2D eigenvalue weighted by Gasteiger charge is 2.10. The van der Waals surface area contributed by atoms with Gasteiger partial charge in [-0.25, -0.2) is 4.98 Å². The fourth-order valence-corrected chi connectivity index (χ4v) is 6.19. The number of amides is 1. The van der Waals surface area contributed by atoms with Crippen LogP contribution in [0.15, 0.2) is 54.6 Å². The summed E-state index contributed by atoms with van der Waals surface area (Å²) >= 11 is 0. The number of hydrogen-bond acceptors (Lipinski definition) is 2. The highest BCUT2D eigenvalue weighted by atomic mass is 16.1. The van der Waals surface area contributed by atoms with Gasteiger partial charge >= 0.3 is 0 Å². The molecule has 1 N–H and O–H groups in total. The van der Waals surface area contributed by atoms with Crippen LogP contribution in [0.25, 0.3) is 11.0 Å². The number of benzene rings is 2. The number of fused-ring (bicyclic) bond motifs is 1. The van der Waals surface area contributed by atoms with Crippen molar-refractivity contribution in [2.24, 2.45) is 0 Å². The lowest BCUT2D eigenvalue weighted by molar-refractivity contribution is -0.121. The standard InChI is InChI=1S/C39H61N3O/c1-2-3-4-5-6-7-8-9-10-11-12-13-14-15-16-25-34-42-37-29-23-22-28-36(37)41-38(42)30-21-18-24-33-40-39(43)32-31-35-26-19-17-20-27-35/h17,19-20,22-23,26-29H,2-16,18,21,24-25,30-34H2,1H3,(H,40,43). The van der Waals surface area contributed by atoms with Crippen molar-refractivity contribution >= 4 is 16.9 Å². The molecule has 2 aromatic carbocycles. The minimum atomic E-state index is 0.157. The van der Waals surface area contributed by atoms with Crippen LogP contribution in [-0.4, -0.2) is 22.0 Å². The molecule has 0 spiro atoms. The molecule has 0 aliphatic rings. The minimum Gasteiger partial charge on any atom is -0.356 e. The lowest BCUT2D eigenvalue weighted by Crippen LogP contribution is -2.24. The summed E-state index contributed by atoms with van der Waals surface area (Å²) in [6, 6.07) is 18.8. The maximum Gasteiger partial charge on any atom is 0.220 e. The van der Waals surface area contributed by atoms with E-state index in [0.29, 0.717) is 6.42 Å². The number of para-hydroxylation sites is 2. The highest BCUT2D eigenvalue weighted by Crippen LogP contribution is 2.20. The number of aromatic nitrogens is 2. The van der Waals surface area contributed by atoms with Crippen molar-refractivity contribution in [2.45, 2.75) is 155 Å². The van der Waals surface area contributed by atoms with E-state index in [1.807, 2.05) is 18.2 Å². The zero-order valence-corrected chi connectivity index (χ0v) is 27.5. The van der Waals surface area contributed by atoms with Crippen molar-refractivity contribution in [1.29, 1.82) is 0 Å². The average Bonchev–Trinajstić information content (AvgIpc) is 3.39. The Balaban J connectivity index is 1.22. The van der Waals surface area contributed by atoms with Crippen LogP contribution in [0.2, 0.25) is 0 Å². The first kappa shape index (κ1) is 34.9. The Labute approximate surface area is 263 Å². The Hall–Kier alpha value is -2.62. The van der Waals surface area contributed by atoms with Crippen LogP contribution in [0, 0.1) is 0 Å². The first-order valence-corrected chi connectivity index (χ1v) is 18.0. The topological polar surface area (TPSA) is 46.9 Å². The number of hydrogen-bond donors (Lipinski definition) is 1. The number of carbonyl (C=O) groups is 1. The molecule has 1 amide bonds. The molecule has 238 valence electrons.